The molecule has 82 valence electrons. The van der Waals surface area contributed by atoms with Crippen LogP contribution in [0.4, 0.5) is 4.79 Å². The molecule has 1 saturated carbocycles. The Labute approximate surface area is 84.6 Å². The SMILES string of the molecule is CC(C)OC(=O)NC1CCCC(O)C1. The van der Waals surface area contributed by atoms with Gasteiger partial charge in [-0.15, -0.1) is 0 Å². The Balaban J connectivity index is 2.25. The minimum absolute atomic E-state index is 0.0741. The van der Waals surface area contributed by atoms with Gasteiger partial charge in [0.1, 0.15) is 0 Å². The van der Waals surface area contributed by atoms with Crippen molar-refractivity contribution in [3.63, 3.8) is 0 Å². The number of hydrogen-bond donors (Lipinski definition) is 2. The highest BCUT2D eigenvalue weighted by molar-refractivity contribution is 5.67. The van der Waals surface area contributed by atoms with Crippen molar-refractivity contribution < 1.29 is 14.6 Å². The highest BCUT2D eigenvalue weighted by atomic mass is 16.6. The number of ether oxygens (including phenoxy) is 1. The predicted molar refractivity (Wildman–Crippen MR) is 53.0 cm³/mol. The first-order valence-electron chi connectivity index (χ1n) is 5.23. The van der Waals surface area contributed by atoms with Crippen LogP contribution in [-0.2, 0) is 4.74 Å². The third kappa shape index (κ3) is 3.96. The van der Waals surface area contributed by atoms with E-state index in [1.165, 1.54) is 0 Å². The molecule has 0 bridgehead atoms. The first-order valence-corrected chi connectivity index (χ1v) is 5.23. The molecule has 1 rings (SSSR count). The quantitative estimate of drug-likeness (QED) is 0.710. The maximum absolute atomic E-state index is 11.2. The Morgan fingerprint density at radius 2 is 2.21 bits per heavy atom. The second-order valence-corrected chi connectivity index (χ2v) is 4.12. The Bertz CT molecular complexity index is 194. The lowest BCUT2D eigenvalue weighted by molar-refractivity contribution is 0.0906. The van der Waals surface area contributed by atoms with Crippen LogP contribution in [0.2, 0.25) is 0 Å². The molecule has 1 fully saturated rings. The zero-order chi connectivity index (χ0) is 10.6. The zero-order valence-electron chi connectivity index (χ0n) is 8.82. The second-order valence-electron chi connectivity index (χ2n) is 4.12. The summed E-state index contributed by atoms with van der Waals surface area (Å²) < 4.78 is 4.96. The van der Waals surface area contributed by atoms with Crippen LogP contribution in [0, 0.1) is 0 Å². The van der Waals surface area contributed by atoms with Crippen molar-refractivity contribution in [2.75, 3.05) is 0 Å². The van der Waals surface area contributed by atoms with Gasteiger partial charge < -0.3 is 15.2 Å². The molecule has 0 aromatic heterocycles. The van der Waals surface area contributed by atoms with Crippen LogP contribution < -0.4 is 5.32 Å². The van der Waals surface area contributed by atoms with E-state index in [2.05, 4.69) is 5.32 Å². The maximum Gasteiger partial charge on any atom is 0.407 e. The third-order valence-electron chi connectivity index (χ3n) is 2.31. The summed E-state index contributed by atoms with van der Waals surface area (Å²) in [5, 5.41) is 12.1. The molecular formula is C10H19NO3. The van der Waals surface area contributed by atoms with E-state index < -0.39 is 0 Å². The number of carbonyl (C=O) groups excluding carboxylic acids is 1. The second kappa shape index (κ2) is 5.20. The highest BCUT2D eigenvalue weighted by Crippen LogP contribution is 2.18. The van der Waals surface area contributed by atoms with Gasteiger partial charge in [-0.25, -0.2) is 4.79 Å². The fourth-order valence-electron chi connectivity index (χ4n) is 1.71. The van der Waals surface area contributed by atoms with Crippen LogP contribution in [0.3, 0.4) is 0 Å². The molecule has 2 atom stereocenters. The molecule has 1 amide bonds. The van der Waals surface area contributed by atoms with Gasteiger partial charge >= 0.3 is 6.09 Å². The smallest absolute Gasteiger partial charge is 0.407 e. The third-order valence-corrected chi connectivity index (χ3v) is 2.31. The van der Waals surface area contributed by atoms with E-state index in [1.807, 2.05) is 13.8 Å². The summed E-state index contributed by atoms with van der Waals surface area (Å²) in [5.74, 6) is 0. The molecule has 0 radical (unpaired) electrons. The minimum Gasteiger partial charge on any atom is -0.447 e. The summed E-state index contributed by atoms with van der Waals surface area (Å²) in [6.45, 7) is 3.63. The Morgan fingerprint density at radius 3 is 2.79 bits per heavy atom. The van der Waals surface area contributed by atoms with Gasteiger partial charge in [-0.05, 0) is 39.5 Å². The lowest BCUT2D eigenvalue weighted by Crippen LogP contribution is -2.40. The molecule has 4 nitrogen and oxygen atoms in total. The number of amides is 1. The molecule has 0 aliphatic heterocycles. The molecule has 0 heterocycles. The molecule has 2 unspecified atom stereocenters. The lowest BCUT2D eigenvalue weighted by atomic mass is 9.93. The Kier molecular flexibility index (Phi) is 4.20. The zero-order valence-corrected chi connectivity index (χ0v) is 8.82. The van der Waals surface area contributed by atoms with E-state index in [9.17, 15) is 9.90 Å². The van der Waals surface area contributed by atoms with Gasteiger partial charge in [-0.3, -0.25) is 0 Å². The fourth-order valence-corrected chi connectivity index (χ4v) is 1.71. The van der Waals surface area contributed by atoms with E-state index >= 15 is 0 Å². The standard InChI is InChI=1S/C10H19NO3/c1-7(2)14-10(13)11-8-4-3-5-9(12)6-8/h7-9,12H,3-6H2,1-2H3,(H,11,13). The van der Waals surface area contributed by atoms with E-state index in [0.29, 0.717) is 6.42 Å². The highest BCUT2D eigenvalue weighted by Gasteiger charge is 2.22. The lowest BCUT2D eigenvalue weighted by Gasteiger charge is -2.26. The van der Waals surface area contributed by atoms with Gasteiger partial charge in [0.05, 0.1) is 12.2 Å². The summed E-state index contributed by atoms with van der Waals surface area (Å²) in [4.78, 5) is 11.2. The van der Waals surface area contributed by atoms with Crippen molar-refractivity contribution in [3.8, 4) is 0 Å². The number of carbonyl (C=O) groups is 1. The Hall–Kier alpha value is -0.770. The van der Waals surface area contributed by atoms with Gasteiger partial charge in [-0.1, -0.05) is 0 Å². The van der Waals surface area contributed by atoms with Crippen LogP contribution in [-0.4, -0.2) is 29.4 Å². The first kappa shape index (κ1) is 11.3. The largest absolute Gasteiger partial charge is 0.447 e. The van der Waals surface area contributed by atoms with Crippen molar-refractivity contribution in [1.82, 2.24) is 5.32 Å². The monoisotopic (exact) mass is 201 g/mol. The van der Waals surface area contributed by atoms with Crippen molar-refractivity contribution in [1.29, 1.82) is 0 Å². The molecule has 0 aromatic carbocycles. The summed E-state index contributed by atoms with van der Waals surface area (Å²) in [6, 6.07) is 0.0741. The van der Waals surface area contributed by atoms with Crippen LogP contribution >= 0.6 is 0 Å². The number of nitrogens with one attached hydrogen (secondary N) is 1. The molecule has 0 aromatic rings. The maximum atomic E-state index is 11.2. The Morgan fingerprint density at radius 1 is 1.50 bits per heavy atom. The molecule has 1 aliphatic rings. The van der Waals surface area contributed by atoms with E-state index in [-0.39, 0.29) is 24.3 Å². The van der Waals surface area contributed by atoms with Crippen LogP contribution in [0.15, 0.2) is 0 Å². The molecule has 0 spiro atoms. The minimum atomic E-state index is -0.376. The number of hydrogen-bond acceptors (Lipinski definition) is 3. The van der Waals surface area contributed by atoms with E-state index in [4.69, 9.17) is 4.74 Å². The van der Waals surface area contributed by atoms with Crippen molar-refractivity contribution >= 4 is 6.09 Å². The van der Waals surface area contributed by atoms with Gasteiger partial charge in [0.15, 0.2) is 0 Å². The molecule has 1 aliphatic carbocycles. The van der Waals surface area contributed by atoms with Crippen molar-refractivity contribution in [2.24, 2.45) is 0 Å². The average Bonchev–Trinajstić information content (AvgIpc) is 2.01. The number of rotatable bonds is 2. The van der Waals surface area contributed by atoms with Gasteiger partial charge in [-0.2, -0.15) is 0 Å². The normalized spacial score (nSPS) is 27.4. The molecule has 2 N–H and O–H groups in total. The van der Waals surface area contributed by atoms with Crippen LogP contribution in [0.25, 0.3) is 0 Å². The summed E-state index contributed by atoms with van der Waals surface area (Å²) in [6.07, 6.45) is 2.65. The summed E-state index contributed by atoms with van der Waals surface area (Å²) in [5.41, 5.74) is 0. The van der Waals surface area contributed by atoms with Gasteiger partial charge in [0.2, 0.25) is 0 Å². The van der Waals surface area contributed by atoms with Gasteiger partial charge in [0, 0.05) is 6.04 Å². The molecular weight excluding hydrogens is 182 g/mol. The predicted octanol–water partition coefficient (Wildman–Crippen LogP) is 1.42. The van der Waals surface area contributed by atoms with Crippen LogP contribution in [0.1, 0.15) is 39.5 Å². The fraction of sp³-hybridized carbons (Fsp3) is 0.900. The summed E-state index contributed by atoms with van der Waals surface area (Å²) in [7, 11) is 0. The van der Waals surface area contributed by atoms with Crippen molar-refractivity contribution in [2.45, 2.75) is 57.8 Å². The average molecular weight is 201 g/mol. The van der Waals surface area contributed by atoms with Gasteiger partial charge in [0.25, 0.3) is 0 Å². The number of aliphatic hydroxyl groups is 1. The number of alkyl carbamates (subject to hydrolysis) is 1. The molecule has 4 heteroatoms. The van der Waals surface area contributed by atoms with E-state index in [1.54, 1.807) is 0 Å². The van der Waals surface area contributed by atoms with Crippen LogP contribution in [0.5, 0.6) is 0 Å². The molecule has 14 heavy (non-hydrogen) atoms. The molecule has 0 saturated heterocycles. The van der Waals surface area contributed by atoms with Crippen molar-refractivity contribution in [3.05, 3.63) is 0 Å². The summed E-state index contributed by atoms with van der Waals surface area (Å²) >= 11 is 0. The first-order chi connectivity index (χ1) is 6.58. The van der Waals surface area contributed by atoms with E-state index in [0.717, 1.165) is 19.3 Å². The topological polar surface area (TPSA) is 58.6 Å². The number of aliphatic hydroxyl groups excluding tert-OH is 1.